The van der Waals surface area contributed by atoms with Gasteiger partial charge in [-0.15, -0.1) is 0 Å². The van der Waals surface area contributed by atoms with Gasteiger partial charge < -0.3 is 14.5 Å². The first-order valence-electron chi connectivity index (χ1n) is 10.1. The summed E-state index contributed by atoms with van der Waals surface area (Å²) in [5.74, 6) is 0.755. The standard InChI is InChI=1S/C23H23N3O3/c27-13-18-11-16(21-4-2-1-3-20(21)15-5-6-15)7-8-19(18)17-9-10-26(12-17)23(28)22-24-14-29-25-22/h1-4,7-8,11,14-15,17,27H,5-6,9-10,12-13H2. The summed E-state index contributed by atoms with van der Waals surface area (Å²) in [5.41, 5.74) is 5.87. The SMILES string of the molecule is O=C(c1ncon1)N1CCC(c2ccc(-c3ccccc3C3CC3)cc2CO)C1. The maximum absolute atomic E-state index is 12.5. The number of carbonyl (C=O) groups is 1. The third-order valence-electron chi connectivity index (χ3n) is 6.07. The summed E-state index contributed by atoms with van der Waals surface area (Å²) in [6.07, 6.45) is 4.54. The first kappa shape index (κ1) is 18.1. The second kappa shape index (κ2) is 7.44. The van der Waals surface area contributed by atoms with Crippen LogP contribution < -0.4 is 0 Å². The average Bonchev–Trinajstić information content (AvgIpc) is 3.26. The molecule has 1 unspecified atom stereocenters. The van der Waals surface area contributed by atoms with Gasteiger partial charge in [-0.3, -0.25) is 4.79 Å². The Balaban J connectivity index is 1.40. The van der Waals surface area contributed by atoms with E-state index in [2.05, 4.69) is 57.1 Å². The molecule has 2 aliphatic rings. The van der Waals surface area contributed by atoms with E-state index in [1.807, 2.05) is 0 Å². The lowest BCUT2D eigenvalue weighted by Crippen LogP contribution is -2.29. The van der Waals surface area contributed by atoms with Crippen LogP contribution in [0.15, 0.2) is 53.4 Å². The molecule has 5 rings (SSSR count). The van der Waals surface area contributed by atoms with E-state index in [9.17, 15) is 9.90 Å². The highest BCUT2D eigenvalue weighted by Crippen LogP contribution is 2.44. The molecule has 1 saturated heterocycles. The minimum atomic E-state index is -0.207. The number of carbonyl (C=O) groups excluding carboxylic acids is 1. The Labute approximate surface area is 169 Å². The van der Waals surface area contributed by atoms with Crippen molar-refractivity contribution in [3.05, 3.63) is 71.4 Å². The Bertz CT molecular complexity index is 1030. The lowest BCUT2D eigenvalue weighted by Gasteiger charge is -2.18. The molecule has 2 fully saturated rings. The Kier molecular flexibility index (Phi) is 4.64. The molecule has 0 bridgehead atoms. The zero-order valence-corrected chi connectivity index (χ0v) is 16.1. The summed E-state index contributed by atoms with van der Waals surface area (Å²) in [6, 6.07) is 15.0. The fourth-order valence-electron chi connectivity index (χ4n) is 4.42. The van der Waals surface area contributed by atoms with Gasteiger partial charge in [-0.05, 0) is 59.1 Å². The number of aromatic nitrogens is 2. The first-order chi connectivity index (χ1) is 14.2. The summed E-state index contributed by atoms with van der Waals surface area (Å²) in [5, 5.41) is 13.7. The van der Waals surface area contributed by atoms with Crippen LogP contribution in [0.5, 0.6) is 0 Å². The van der Waals surface area contributed by atoms with Crippen LogP contribution in [0.3, 0.4) is 0 Å². The third-order valence-corrected chi connectivity index (χ3v) is 6.07. The molecule has 1 amide bonds. The number of rotatable bonds is 5. The van der Waals surface area contributed by atoms with E-state index in [0.717, 1.165) is 23.1 Å². The predicted octanol–water partition coefficient (Wildman–Crippen LogP) is 3.74. The van der Waals surface area contributed by atoms with Crippen molar-refractivity contribution in [2.24, 2.45) is 0 Å². The maximum atomic E-state index is 12.5. The van der Waals surface area contributed by atoms with E-state index in [-0.39, 0.29) is 24.3 Å². The molecule has 1 aromatic heterocycles. The molecule has 6 nitrogen and oxygen atoms in total. The van der Waals surface area contributed by atoms with Crippen molar-refractivity contribution in [3.8, 4) is 11.1 Å². The minimum Gasteiger partial charge on any atom is -0.392 e. The average molecular weight is 389 g/mol. The lowest BCUT2D eigenvalue weighted by molar-refractivity contribution is 0.0775. The molecular weight excluding hydrogens is 366 g/mol. The van der Waals surface area contributed by atoms with E-state index in [0.29, 0.717) is 19.0 Å². The summed E-state index contributed by atoms with van der Waals surface area (Å²) in [4.78, 5) is 18.1. The van der Waals surface area contributed by atoms with E-state index in [1.54, 1.807) is 4.90 Å². The summed E-state index contributed by atoms with van der Waals surface area (Å²) >= 11 is 0. The Morgan fingerprint density at radius 3 is 2.72 bits per heavy atom. The van der Waals surface area contributed by atoms with Gasteiger partial charge >= 0.3 is 0 Å². The minimum absolute atomic E-state index is 0.00986. The smallest absolute Gasteiger partial charge is 0.295 e. The first-order valence-corrected chi connectivity index (χ1v) is 10.1. The second-order valence-corrected chi connectivity index (χ2v) is 7.92. The number of aliphatic hydroxyl groups excluding tert-OH is 1. The molecule has 1 aliphatic carbocycles. The van der Waals surface area contributed by atoms with Crippen LogP contribution in [0.2, 0.25) is 0 Å². The monoisotopic (exact) mass is 389 g/mol. The number of benzene rings is 2. The molecule has 1 saturated carbocycles. The topological polar surface area (TPSA) is 79.5 Å². The van der Waals surface area contributed by atoms with Gasteiger partial charge in [-0.25, -0.2) is 0 Å². The van der Waals surface area contributed by atoms with Gasteiger partial charge in [0, 0.05) is 19.0 Å². The Morgan fingerprint density at radius 2 is 1.97 bits per heavy atom. The van der Waals surface area contributed by atoms with Crippen molar-refractivity contribution in [3.63, 3.8) is 0 Å². The summed E-state index contributed by atoms with van der Waals surface area (Å²) in [7, 11) is 0. The number of amides is 1. The van der Waals surface area contributed by atoms with Gasteiger partial charge in [-0.1, -0.05) is 41.6 Å². The largest absolute Gasteiger partial charge is 0.392 e. The van der Waals surface area contributed by atoms with E-state index in [4.69, 9.17) is 0 Å². The fraction of sp³-hybridized carbons (Fsp3) is 0.348. The molecule has 0 radical (unpaired) electrons. The number of hydrogen-bond donors (Lipinski definition) is 1. The van der Waals surface area contributed by atoms with Crippen LogP contribution in [-0.2, 0) is 6.61 Å². The molecule has 1 atom stereocenters. The van der Waals surface area contributed by atoms with Crippen molar-refractivity contribution in [1.82, 2.24) is 15.0 Å². The zero-order chi connectivity index (χ0) is 19.8. The van der Waals surface area contributed by atoms with Crippen LogP contribution in [0, 0.1) is 0 Å². The van der Waals surface area contributed by atoms with Crippen molar-refractivity contribution in [2.45, 2.75) is 37.7 Å². The fourth-order valence-corrected chi connectivity index (χ4v) is 4.42. The number of aliphatic hydroxyl groups is 1. The molecule has 3 aromatic rings. The van der Waals surface area contributed by atoms with Crippen LogP contribution >= 0.6 is 0 Å². The van der Waals surface area contributed by atoms with Gasteiger partial charge in [-0.2, -0.15) is 4.98 Å². The summed E-state index contributed by atoms with van der Waals surface area (Å²) in [6.45, 7) is 1.23. The van der Waals surface area contributed by atoms with Crippen molar-refractivity contribution in [1.29, 1.82) is 0 Å². The van der Waals surface area contributed by atoms with Gasteiger partial charge in [0.1, 0.15) is 0 Å². The van der Waals surface area contributed by atoms with E-state index < -0.39 is 0 Å². The van der Waals surface area contributed by atoms with Crippen molar-refractivity contribution < 1.29 is 14.4 Å². The highest BCUT2D eigenvalue weighted by Gasteiger charge is 2.31. The number of likely N-dealkylation sites (tertiary alicyclic amines) is 1. The normalized spacial score (nSPS) is 18.9. The van der Waals surface area contributed by atoms with Crippen LogP contribution in [-0.4, -0.2) is 39.1 Å². The maximum Gasteiger partial charge on any atom is 0.295 e. The molecule has 0 spiro atoms. The molecule has 1 N–H and O–H groups in total. The Morgan fingerprint density at radius 1 is 1.10 bits per heavy atom. The number of hydrogen-bond acceptors (Lipinski definition) is 5. The van der Waals surface area contributed by atoms with Crippen LogP contribution in [0.4, 0.5) is 0 Å². The highest BCUT2D eigenvalue weighted by atomic mass is 16.5. The molecule has 148 valence electrons. The third kappa shape index (κ3) is 3.44. The molecule has 6 heteroatoms. The summed E-state index contributed by atoms with van der Waals surface area (Å²) < 4.78 is 4.69. The lowest BCUT2D eigenvalue weighted by atomic mass is 9.89. The van der Waals surface area contributed by atoms with Crippen LogP contribution in [0.1, 0.15) is 58.4 Å². The second-order valence-electron chi connectivity index (χ2n) is 7.92. The molecular formula is C23H23N3O3. The predicted molar refractivity (Wildman–Crippen MR) is 107 cm³/mol. The van der Waals surface area contributed by atoms with E-state index in [1.165, 1.54) is 30.4 Å². The highest BCUT2D eigenvalue weighted by molar-refractivity contribution is 5.90. The molecule has 2 heterocycles. The van der Waals surface area contributed by atoms with Gasteiger partial charge in [0.25, 0.3) is 11.7 Å². The van der Waals surface area contributed by atoms with Crippen molar-refractivity contribution >= 4 is 5.91 Å². The number of nitrogens with zero attached hydrogens (tertiary/aromatic N) is 3. The molecule has 2 aromatic carbocycles. The van der Waals surface area contributed by atoms with E-state index >= 15 is 0 Å². The van der Waals surface area contributed by atoms with Crippen LogP contribution in [0.25, 0.3) is 11.1 Å². The van der Waals surface area contributed by atoms with Gasteiger partial charge in [0.15, 0.2) is 0 Å². The molecule has 1 aliphatic heterocycles. The molecule has 29 heavy (non-hydrogen) atoms. The quantitative estimate of drug-likeness (QED) is 0.719. The zero-order valence-electron chi connectivity index (χ0n) is 16.1. The van der Waals surface area contributed by atoms with Crippen molar-refractivity contribution in [2.75, 3.05) is 13.1 Å². The van der Waals surface area contributed by atoms with Gasteiger partial charge in [0.2, 0.25) is 6.39 Å². The van der Waals surface area contributed by atoms with Gasteiger partial charge in [0.05, 0.1) is 6.61 Å². The Hall–Kier alpha value is -2.99.